The van der Waals surface area contributed by atoms with E-state index in [4.69, 9.17) is 4.74 Å². The summed E-state index contributed by atoms with van der Waals surface area (Å²) in [6, 6.07) is 15.3. The van der Waals surface area contributed by atoms with Crippen molar-refractivity contribution < 1.29 is 14.3 Å². The first-order chi connectivity index (χ1) is 17.9. The Morgan fingerprint density at radius 2 is 1.76 bits per heavy atom. The molecule has 0 spiro atoms. The molecule has 198 valence electrons. The third-order valence-electron chi connectivity index (χ3n) is 7.46. The Morgan fingerprint density at radius 3 is 2.51 bits per heavy atom. The molecule has 2 atom stereocenters. The van der Waals surface area contributed by atoms with E-state index in [1.165, 1.54) is 0 Å². The topological polar surface area (TPSA) is 63.6 Å². The highest BCUT2D eigenvalue weighted by molar-refractivity contribution is 6.03. The fourth-order valence-electron chi connectivity index (χ4n) is 5.49. The minimum atomic E-state index is -0.565. The highest BCUT2D eigenvalue weighted by Crippen LogP contribution is 2.45. The fraction of sp³-hybridized carbons (Fsp3) is 0.484. The molecule has 1 aliphatic rings. The maximum Gasteiger partial charge on any atom is 0.255 e. The molecule has 1 N–H and O–H groups in total. The van der Waals surface area contributed by atoms with Crippen LogP contribution in [0.15, 0.2) is 48.5 Å². The Bertz CT molecular complexity index is 1250. The summed E-state index contributed by atoms with van der Waals surface area (Å²) in [5.41, 5.74) is 4.99. The Hall–Kier alpha value is -3.12. The van der Waals surface area contributed by atoms with Crippen molar-refractivity contribution in [3.63, 3.8) is 0 Å². The number of ether oxygens (including phenoxy) is 1. The summed E-state index contributed by atoms with van der Waals surface area (Å²) in [7, 11) is 2.06. The van der Waals surface area contributed by atoms with Gasteiger partial charge in [0.1, 0.15) is 6.04 Å². The second-order valence-electron chi connectivity index (χ2n) is 10.5. The quantitative estimate of drug-likeness (QED) is 0.319. The fourth-order valence-corrected chi connectivity index (χ4v) is 5.49. The number of hydrogen-bond donors (Lipinski definition) is 1. The first-order valence-corrected chi connectivity index (χ1v) is 13.7. The van der Waals surface area contributed by atoms with Crippen molar-refractivity contribution >= 4 is 22.7 Å². The van der Waals surface area contributed by atoms with Crippen LogP contribution < -0.4 is 5.32 Å². The lowest BCUT2D eigenvalue weighted by molar-refractivity contribution is -0.126. The van der Waals surface area contributed by atoms with E-state index in [-0.39, 0.29) is 23.8 Å². The van der Waals surface area contributed by atoms with Crippen molar-refractivity contribution in [2.24, 2.45) is 13.0 Å². The maximum absolute atomic E-state index is 14.0. The number of fused-ring (bicyclic) bond motifs is 2. The number of carbonyl (C=O) groups is 2. The van der Waals surface area contributed by atoms with E-state index in [1.807, 2.05) is 41.3 Å². The highest BCUT2D eigenvalue weighted by atomic mass is 16.5. The van der Waals surface area contributed by atoms with Crippen LogP contribution in [0.2, 0.25) is 0 Å². The predicted octanol–water partition coefficient (Wildman–Crippen LogP) is 5.77. The number of nitrogens with zero attached hydrogens (tertiary/aromatic N) is 2. The van der Waals surface area contributed by atoms with Crippen LogP contribution >= 0.6 is 0 Å². The lowest BCUT2D eigenvalue weighted by Gasteiger charge is -2.34. The molecule has 2 heterocycles. The molecule has 1 aliphatic heterocycles. The third-order valence-corrected chi connectivity index (χ3v) is 7.46. The molecule has 2 aromatic carbocycles. The van der Waals surface area contributed by atoms with Gasteiger partial charge in [-0.25, -0.2) is 0 Å². The average Bonchev–Trinajstić information content (AvgIpc) is 3.31. The van der Waals surface area contributed by atoms with Crippen LogP contribution in [0.5, 0.6) is 0 Å². The second kappa shape index (κ2) is 12.0. The van der Waals surface area contributed by atoms with Gasteiger partial charge in [-0.1, -0.05) is 63.6 Å². The van der Waals surface area contributed by atoms with Gasteiger partial charge >= 0.3 is 0 Å². The molecule has 3 aromatic rings. The van der Waals surface area contributed by atoms with E-state index in [2.05, 4.69) is 56.8 Å². The molecule has 37 heavy (non-hydrogen) atoms. The number of benzene rings is 2. The first kappa shape index (κ1) is 26.9. The molecular formula is C31H41N3O3. The minimum Gasteiger partial charge on any atom is -0.381 e. The summed E-state index contributed by atoms with van der Waals surface area (Å²) >= 11 is 0. The van der Waals surface area contributed by atoms with Crippen molar-refractivity contribution in [3.8, 4) is 0 Å². The molecule has 0 radical (unpaired) electrons. The SMILES string of the molecule is CCCCOCCCNC(=O)C(CC(C)C)N1C(=O)c2ccccc2C1c1c(C)n(C)c2ccccc12. The minimum absolute atomic E-state index is 0.0726. The number of aryl methyl sites for hydroxylation is 1. The van der Waals surface area contributed by atoms with E-state index in [0.717, 1.165) is 53.6 Å². The van der Waals surface area contributed by atoms with Gasteiger partial charge in [-0.3, -0.25) is 9.59 Å². The second-order valence-corrected chi connectivity index (χ2v) is 10.5. The van der Waals surface area contributed by atoms with Crippen molar-refractivity contribution in [1.29, 1.82) is 0 Å². The van der Waals surface area contributed by atoms with Crippen LogP contribution in [0.3, 0.4) is 0 Å². The number of para-hydroxylation sites is 1. The van der Waals surface area contributed by atoms with Gasteiger partial charge in [0.05, 0.1) is 6.04 Å². The van der Waals surface area contributed by atoms with Gasteiger partial charge in [-0.2, -0.15) is 0 Å². The Balaban J connectivity index is 1.68. The van der Waals surface area contributed by atoms with Crippen molar-refractivity contribution in [1.82, 2.24) is 14.8 Å². The number of rotatable bonds is 12. The summed E-state index contributed by atoms with van der Waals surface area (Å²) in [6.45, 7) is 10.4. The van der Waals surface area contributed by atoms with Crippen LogP contribution in [0.1, 0.15) is 79.7 Å². The Labute approximate surface area is 221 Å². The van der Waals surface area contributed by atoms with E-state index < -0.39 is 6.04 Å². The molecule has 0 saturated heterocycles. The van der Waals surface area contributed by atoms with Crippen LogP contribution in [0, 0.1) is 12.8 Å². The van der Waals surface area contributed by atoms with E-state index in [9.17, 15) is 9.59 Å². The molecule has 0 saturated carbocycles. The van der Waals surface area contributed by atoms with Crippen molar-refractivity contribution in [2.75, 3.05) is 19.8 Å². The average molecular weight is 504 g/mol. The maximum atomic E-state index is 14.0. The molecule has 2 amide bonds. The van der Waals surface area contributed by atoms with E-state index in [1.54, 1.807) is 0 Å². The molecule has 2 unspecified atom stereocenters. The zero-order valence-corrected chi connectivity index (χ0v) is 22.9. The normalized spacial score (nSPS) is 16.0. The number of nitrogens with one attached hydrogen (secondary N) is 1. The lowest BCUT2D eigenvalue weighted by Crippen LogP contribution is -2.49. The van der Waals surface area contributed by atoms with Crippen LogP contribution in [-0.2, 0) is 16.6 Å². The zero-order chi connectivity index (χ0) is 26.5. The summed E-state index contributed by atoms with van der Waals surface area (Å²) in [6.07, 6.45) is 3.51. The van der Waals surface area contributed by atoms with Crippen LogP contribution in [0.25, 0.3) is 10.9 Å². The van der Waals surface area contributed by atoms with Gasteiger partial charge in [0.25, 0.3) is 5.91 Å². The molecule has 0 bridgehead atoms. The van der Waals surface area contributed by atoms with Crippen LogP contribution in [-0.4, -0.2) is 47.1 Å². The smallest absolute Gasteiger partial charge is 0.255 e. The van der Waals surface area contributed by atoms with Crippen molar-refractivity contribution in [2.45, 2.75) is 65.5 Å². The van der Waals surface area contributed by atoms with Crippen LogP contribution in [0.4, 0.5) is 0 Å². The molecule has 1 aromatic heterocycles. The summed E-state index contributed by atoms with van der Waals surface area (Å²) in [4.78, 5) is 29.5. The number of carbonyl (C=O) groups excluding carboxylic acids is 2. The third kappa shape index (κ3) is 5.45. The molecular weight excluding hydrogens is 462 g/mol. The van der Waals surface area contributed by atoms with Gasteiger partial charge in [0.2, 0.25) is 5.91 Å². The molecule has 0 fully saturated rings. The Morgan fingerprint density at radius 1 is 1.05 bits per heavy atom. The van der Waals surface area contributed by atoms with E-state index >= 15 is 0 Å². The zero-order valence-electron chi connectivity index (χ0n) is 22.9. The highest BCUT2D eigenvalue weighted by Gasteiger charge is 2.45. The number of amides is 2. The van der Waals surface area contributed by atoms with E-state index in [0.29, 0.717) is 25.1 Å². The number of hydrogen-bond acceptors (Lipinski definition) is 3. The van der Waals surface area contributed by atoms with Gasteiger partial charge in [-0.15, -0.1) is 0 Å². The first-order valence-electron chi connectivity index (χ1n) is 13.7. The Kier molecular flexibility index (Phi) is 8.70. The molecule has 0 aliphatic carbocycles. The predicted molar refractivity (Wildman–Crippen MR) is 149 cm³/mol. The summed E-state index contributed by atoms with van der Waals surface area (Å²) in [5, 5.41) is 4.23. The molecule has 6 heteroatoms. The van der Waals surface area contributed by atoms with Gasteiger partial charge in [-0.05, 0) is 49.8 Å². The summed E-state index contributed by atoms with van der Waals surface area (Å²) < 4.78 is 7.84. The van der Waals surface area contributed by atoms with Gasteiger partial charge < -0.3 is 19.5 Å². The standard InChI is InChI=1S/C31H41N3O3/c1-6-7-18-37-19-12-17-32-30(35)27(20-21(2)3)34-29(23-13-8-9-14-24(23)31(34)36)28-22(4)33(5)26-16-11-10-15-25(26)28/h8-11,13-16,21,27,29H,6-7,12,17-20H2,1-5H3,(H,32,35). The van der Waals surface area contributed by atoms with Crippen molar-refractivity contribution in [3.05, 3.63) is 70.9 Å². The largest absolute Gasteiger partial charge is 0.381 e. The molecule has 4 rings (SSSR count). The monoisotopic (exact) mass is 503 g/mol. The number of aromatic nitrogens is 1. The van der Waals surface area contributed by atoms with Gasteiger partial charge in [0.15, 0.2) is 0 Å². The lowest BCUT2D eigenvalue weighted by atomic mass is 9.93. The van der Waals surface area contributed by atoms with Gasteiger partial charge in [0, 0.05) is 54.5 Å². The molecule has 6 nitrogen and oxygen atoms in total. The summed E-state index contributed by atoms with van der Waals surface area (Å²) in [5.74, 6) is 0.0850. The number of unbranched alkanes of at least 4 members (excludes halogenated alkanes) is 1.